The number of carbonyl (C=O) groups is 1. The van der Waals surface area contributed by atoms with Crippen LogP contribution in [-0.4, -0.2) is 36.6 Å². The van der Waals surface area contributed by atoms with Crippen molar-refractivity contribution < 1.29 is 13.9 Å². The number of halogens is 1. The van der Waals surface area contributed by atoms with E-state index in [-0.39, 0.29) is 24.5 Å². The minimum absolute atomic E-state index is 0.198. The summed E-state index contributed by atoms with van der Waals surface area (Å²) in [6.45, 7) is 5.64. The number of carbonyl (C=O) groups excluding carboxylic acids is 1. The van der Waals surface area contributed by atoms with Crippen molar-refractivity contribution in [2.24, 2.45) is 0 Å². The van der Waals surface area contributed by atoms with E-state index in [0.29, 0.717) is 11.4 Å². The first kappa shape index (κ1) is 20.1. The number of anilines is 1. The molecule has 2 N–H and O–H groups in total. The Bertz CT molecular complexity index is 776. The molecule has 28 heavy (non-hydrogen) atoms. The number of ether oxygens (including phenoxy) is 1. The Kier molecular flexibility index (Phi) is 7.25. The van der Waals surface area contributed by atoms with Gasteiger partial charge in [0.1, 0.15) is 18.2 Å². The molecule has 0 saturated carbocycles. The van der Waals surface area contributed by atoms with Gasteiger partial charge in [0.2, 0.25) is 0 Å². The van der Waals surface area contributed by atoms with Crippen LogP contribution in [0.3, 0.4) is 0 Å². The van der Waals surface area contributed by atoms with E-state index in [2.05, 4.69) is 22.5 Å². The van der Waals surface area contributed by atoms with Crippen LogP contribution in [0.1, 0.15) is 31.7 Å². The summed E-state index contributed by atoms with van der Waals surface area (Å²) in [5, 5.41) is 5.92. The Hall–Kier alpha value is -2.60. The van der Waals surface area contributed by atoms with E-state index in [9.17, 15) is 9.18 Å². The average molecular weight is 385 g/mol. The number of hydrogen-bond donors (Lipinski definition) is 2. The molecule has 1 aliphatic heterocycles. The molecule has 0 radical (unpaired) electrons. The van der Waals surface area contributed by atoms with Crippen LogP contribution in [0.2, 0.25) is 0 Å². The molecule has 1 fully saturated rings. The van der Waals surface area contributed by atoms with Gasteiger partial charge < -0.3 is 20.3 Å². The third-order valence-corrected chi connectivity index (χ3v) is 4.85. The van der Waals surface area contributed by atoms with Crippen LogP contribution in [0.5, 0.6) is 5.75 Å². The standard InChI is InChI=1S/C22H28FN3O2/c1-2-11-26-12-9-19(10-13-26)24-22(27)25-20-7-4-8-21(15-20)28-16-17-5-3-6-18(23)14-17/h3-8,14-15,19H,2,9-13,16H2,1H3,(H2,24,25,27). The van der Waals surface area contributed by atoms with E-state index in [1.807, 2.05) is 24.3 Å². The van der Waals surface area contributed by atoms with Crippen molar-refractivity contribution in [1.29, 1.82) is 0 Å². The Labute approximate surface area is 165 Å². The summed E-state index contributed by atoms with van der Waals surface area (Å²) in [6, 6.07) is 13.5. The normalized spacial score (nSPS) is 15.2. The van der Waals surface area contributed by atoms with E-state index in [4.69, 9.17) is 4.74 Å². The Morgan fingerprint density at radius 1 is 1.18 bits per heavy atom. The summed E-state index contributed by atoms with van der Waals surface area (Å²) in [6.07, 6.45) is 3.12. The number of piperidine rings is 1. The summed E-state index contributed by atoms with van der Waals surface area (Å²) < 4.78 is 19.0. The largest absolute Gasteiger partial charge is 0.489 e. The molecular weight excluding hydrogens is 357 g/mol. The summed E-state index contributed by atoms with van der Waals surface area (Å²) >= 11 is 0. The second kappa shape index (κ2) is 10.1. The zero-order valence-electron chi connectivity index (χ0n) is 16.3. The van der Waals surface area contributed by atoms with Crippen molar-refractivity contribution >= 4 is 11.7 Å². The first-order chi connectivity index (χ1) is 13.6. The second-order valence-electron chi connectivity index (χ2n) is 7.16. The highest BCUT2D eigenvalue weighted by molar-refractivity contribution is 5.89. The Morgan fingerprint density at radius 2 is 1.96 bits per heavy atom. The number of nitrogens with zero attached hydrogens (tertiary/aromatic N) is 1. The molecule has 1 saturated heterocycles. The highest BCUT2D eigenvalue weighted by Crippen LogP contribution is 2.19. The lowest BCUT2D eigenvalue weighted by molar-refractivity contribution is 0.196. The molecule has 1 aliphatic rings. The lowest BCUT2D eigenvalue weighted by Gasteiger charge is -2.32. The van der Waals surface area contributed by atoms with Gasteiger partial charge in [0, 0.05) is 30.9 Å². The summed E-state index contributed by atoms with van der Waals surface area (Å²) in [4.78, 5) is 14.7. The summed E-state index contributed by atoms with van der Waals surface area (Å²) in [5.41, 5.74) is 1.42. The van der Waals surface area contributed by atoms with Gasteiger partial charge >= 0.3 is 6.03 Å². The van der Waals surface area contributed by atoms with Gasteiger partial charge in [0.15, 0.2) is 0 Å². The fraction of sp³-hybridized carbons (Fsp3) is 0.409. The highest BCUT2D eigenvalue weighted by atomic mass is 19.1. The molecule has 1 heterocycles. The van der Waals surface area contributed by atoms with Crippen molar-refractivity contribution in [3.63, 3.8) is 0 Å². The number of rotatable bonds is 7. The van der Waals surface area contributed by atoms with E-state index >= 15 is 0 Å². The number of likely N-dealkylation sites (tertiary alicyclic amines) is 1. The SMILES string of the molecule is CCCN1CCC(NC(=O)Nc2cccc(OCc3cccc(F)c3)c2)CC1. The smallest absolute Gasteiger partial charge is 0.319 e. The van der Waals surface area contributed by atoms with Gasteiger partial charge in [-0.3, -0.25) is 0 Å². The summed E-state index contributed by atoms with van der Waals surface area (Å²) in [5.74, 6) is 0.337. The van der Waals surface area contributed by atoms with Crippen molar-refractivity contribution in [2.75, 3.05) is 25.0 Å². The van der Waals surface area contributed by atoms with E-state index < -0.39 is 0 Å². The fourth-order valence-electron chi connectivity index (χ4n) is 3.43. The summed E-state index contributed by atoms with van der Waals surface area (Å²) in [7, 11) is 0. The number of urea groups is 1. The Balaban J connectivity index is 1.46. The maximum absolute atomic E-state index is 13.2. The van der Waals surface area contributed by atoms with E-state index in [0.717, 1.165) is 44.5 Å². The molecule has 0 spiro atoms. The zero-order chi connectivity index (χ0) is 19.8. The predicted molar refractivity (Wildman–Crippen MR) is 109 cm³/mol. The topological polar surface area (TPSA) is 53.6 Å². The lowest BCUT2D eigenvalue weighted by Crippen LogP contribution is -2.46. The first-order valence-electron chi connectivity index (χ1n) is 9.89. The first-order valence-corrected chi connectivity index (χ1v) is 9.89. The van der Waals surface area contributed by atoms with Crippen molar-refractivity contribution in [3.8, 4) is 5.75 Å². The van der Waals surface area contributed by atoms with Gasteiger partial charge in [0.05, 0.1) is 0 Å². The third kappa shape index (κ3) is 6.23. The van der Waals surface area contributed by atoms with Crippen molar-refractivity contribution in [2.45, 2.75) is 38.8 Å². The maximum atomic E-state index is 13.2. The third-order valence-electron chi connectivity index (χ3n) is 4.85. The lowest BCUT2D eigenvalue weighted by atomic mass is 10.1. The van der Waals surface area contributed by atoms with Gasteiger partial charge in [-0.05, 0) is 55.6 Å². The van der Waals surface area contributed by atoms with E-state index in [1.54, 1.807) is 12.1 Å². The number of hydrogen-bond acceptors (Lipinski definition) is 3. The second-order valence-corrected chi connectivity index (χ2v) is 7.16. The van der Waals surface area contributed by atoms with Crippen LogP contribution in [0.25, 0.3) is 0 Å². The van der Waals surface area contributed by atoms with Crippen LogP contribution < -0.4 is 15.4 Å². The van der Waals surface area contributed by atoms with Crippen LogP contribution in [0.15, 0.2) is 48.5 Å². The molecule has 5 nitrogen and oxygen atoms in total. The van der Waals surface area contributed by atoms with Crippen LogP contribution >= 0.6 is 0 Å². The molecule has 0 unspecified atom stereocenters. The zero-order valence-corrected chi connectivity index (χ0v) is 16.3. The van der Waals surface area contributed by atoms with Gasteiger partial charge in [-0.25, -0.2) is 9.18 Å². The average Bonchev–Trinajstić information content (AvgIpc) is 2.68. The minimum Gasteiger partial charge on any atom is -0.489 e. The monoisotopic (exact) mass is 385 g/mol. The molecule has 0 bridgehead atoms. The van der Waals surface area contributed by atoms with Crippen LogP contribution in [0, 0.1) is 5.82 Å². The Morgan fingerprint density at radius 3 is 2.71 bits per heavy atom. The molecule has 0 atom stereocenters. The number of benzene rings is 2. The van der Waals surface area contributed by atoms with Crippen molar-refractivity contribution in [1.82, 2.24) is 10.2 Å². The maximum Gasteiger partial charge on any atom is 0.319 e. The molecule has 2 amide bonds. The molecule has 3 rings (SSSR count). The van der Waals surface area contributed by atoms with Gasteiger partial charge in [-0.2, -0.15) is 0 Å². The predicted octanol–water partition coefficient (Wildman–Crippen LogP) is 4.40. The molecule has 2 aromatic carbocycles. The fourth-order valence-corrected chi connectivity index (χ4v) is 3.43. The molecule has 2 aromatic rings. The van der Waals surface area contributed by atoms with Gasteiger partial charge in [0.25, 0.3) is 0 Å². The van der Waals surface area contributed by atoms with Crippen molar-refractivity contribution in [3.05, 3.63) is 59.9 Å². The molecular formula is C22H28FN3O2. The van der Waals surface area contributed by atoms with Gasteiger partial charge in [-0.15, -0.1) is 0 Å². The number of nitrogens with one attached hydrogen (secondary N) is 2. The molecule has 0 aliphatic carbocycles. The van der Waals surface area contributed by atoms with Gasteiger partial charge in [-0.1, -0.05) is 25.1 Å². The molecule has 6 heteroatoms. The van der Waals surface area contributed by atoms with Crippen LogP contribution in [0.4, 0.5) is 14.9 Å². The quantitative estimate of drug-likeness (QED) is 0.743. The van der Waals surface area contributed by atoms with E-state index in [1.165, 1.54) is 12.1 Å². The minimum atomic E-state index is -0.284. The highest BCUT2D eigenvalue weighted by Gasteiger charge is 2.20. The molecule has 150 valence electrons. The van der Waals surface area contributed by atoms with Crippen LogP contribution in [-0.2, 0) is 6.61 Å². The molecule has 0 aromatic heterocycles. The number of amides is 2.